The fraction of sp³-hybridized carbons (Fsp3) is 0.280. The summed E-state index contributed by atoms with van der Waals surface area (Å²) in [5, 5.41) is 0. The molecule has 78 heavy (non-hydrogen) atoms. The van der Waals surface area contributed by atoms with Gasteiger partial charge in [-0.05, 0) is 321 Å². The Bertz CT molecular complexity index is 3400. The molecule has 10 rings (SSSR count). The summed E-state index contributed by atoms with van der Waals surface area (Å²) >= 11 is 0. The highest BCUT2D eigenvalue weighted by Crippen LogP contribution is 2.59. The van der Waals surface area contributed by atoms with Crippen molar-refractivity contribution in [3.63, 3.8) is 0 Å². The summed E-state index contributed by atoms with van der Waals surface area (Å²) < 4.78 is 0. The normalized spacial score (nSPS) is 12.7. The summed E-state index contributed by atoms with van der Waals surface area (Å²) in [5.41, 5.74) is 41.8. The number of benzene rings is 9. The third-order valence-corrected chi connectivity index (χ3v) is 20.0. The molecule has 0 spiro atoms. The van der Waals surface area contributed by atoms with Crippen LogP contribution in [-0.2, 0) is 5.41 Å². The maximum absolute atomic E-state index is 2.60. The third kappa shape index (κ3) is 7.89. The lowest BCUT2D eigenvalue weighted by atomic mass is 9.62. The summed E-state index contributed by atoms with van der Waals surface area (Å²) in [6.07, 6.45) is 0. The molecule has 0 atom stereocenters. The van der Waals surface area contributed by atoms with Gasteiger partial charge in [0.2, 0.25) is 0 Å². The summed E-state index contributed by atoms with van der Waals surface area (Å²) in [5.74, 6) is 0. The Labute approximate surface area is 468 Å². The Balaban J connectivity index is 1.28. The fourth-order valence-corrected chi connectivity index (χ4v) is 13.6. The zero-order valence-corrected chi connectivity index (χ0v) is 50.5. The van der Waals surface area contributed by atoms with Gasteiger partial charge in [-0.2, -0.15) is 0 Å². The van der Waals surface area contributed by atoms with Crippen molar-refractivity contribution in [2.75, 3.05) is 14.7 Å². The third-order valence-electron chi connectivity index (χ3n) is 20.0. The van der Waals surface area contributed by atoms with Gasteiger partial charge in [0.25, 0.3) is 0 Å². The van der Waals surface area contributed by atoms with Gasteiger partial charge in [-0.25, -0.2) is 0 Å². The Hall–Kier alpha value is -7.62. The second-order valence-electron chi connectivity index (χ2n) is 23.1. The van der Waals surface area contributed by atoms with Gasteiger partial charge in [0, 0.05) is 17.1 Å². The Morgan fingerprint density at radius 2 is 0.474 bits per heavy atom. The van der Waals surface area contributed by atoms with Crippen LogP contribution in [0, 0.1) is 138 Å². The molecule has 0 amide bonds. The smallest absolute Gasteiger partial charge is 0.0742 e. The van der Waals surface area contributed by atoms with Crippen molar-refractivity contribution < 1.29 is 0 Å². The zero-order valence-electron chi connectivity index (χ0n) is 50.5. The lowest BCUT2D eigenvalue weighted by Crippen LogP contribution is -2.37. The molecular weight excluding hydrogens is 943 g/mol. The molecule has 0 bridgehead atoms. The maximum Gasteiger partial charge on any atom is 0.0742 e. The minimum absolute atomic E-state index is 0.720. The largest absolute Gasteiger partial charge is 0.310 e. The molecule has 0 saturated heterocycles. The first-order chi connectivity index (χ1) is 37.1. The Morgan fingerprint density at radius 3 is 0.744 bits per heavy atom. The highest BCUT2D eigenvalue weighted by molar-refractivity contribution is 5.92. The number of anilines is 9. The molecule has 3 heteroatoms. The average Bonchev–Trinajstić information content (AvgIpc) is 3.43. The van der Waals surface area contributed by atoms with Crippen LogP contribution in [0.1, 0.15) is 134 Å². The topological polar surface area (TPSA) is 9.72 Å². The second kappa shape index (κ2) is 20.0. The highest BCUT2D eigenvalue weighted by Gasteiger charge is 2.47. The lowest BCUT2D eigenvalue weighted by Gasteiger charge is -2.46. The Morgan fingerprint density at radius 1 is 0.244 bits per heavy atom. The van der Waals surface area contributed by atoms with E-state index >= 15 is 0 Å². The van der Waals surface area contributed by atoms with Crippen molar-refractivity contribution in [3.8, 4) is 0 Å². The second-order valence-corrected chi connectivity index (χ2v) is 23.1. The molecule has 0 radical (unpaired) electrons. The first-order valence-corrected chi connectivity index (χ1v) is 28.2. The SMILES string of the molecule is Cc1c(C)c(C)c(N(c2ccc(C3(c4ccc(N(c5c(C)c(C)c(C)c(C)c5C)c5c(C)c(C)c(C)c(C)c5C)cc4)c4ccccc4N(c4ccccc4)c4ccccc43)cc2)c2c(C)c(C)c(C)c(C)c2C)c(C)c1C. The van der Waals surface area contributed by atoms with Crippen molar-refractivity contribution in [3.05, 3.63) is 261 Å². The van der Waals surface area contributed by atoms with E-state index in [0.717, 1.165) is 17.1 Å². The molecule has 0 unspecified atom stereocenters. The molecule has 1 aliphatic heterocycles. The zero-order chi connectivity index (χ0) is 56.1. The van der Waals surface area contributed by atoms with Crippen LogP contribution in [0.5, 0.6) is 0 Å². The van der Waals surface area contributed by atoms with Crippen LogP contribution in [0.2, 0.25) is 0 Å². The minimum Gasteiger partial charge on any atom is -0.310 e. The molecule has 0 saturated carbocycles. The van der Waals surface area contributed by atoms with Crippen LogP contribution in [0.3, 0.4) is 0 Å². The molecule has 3 nitrogen and oxygen atoms in total. The maximum atomic E-state index is 2.60. The van der Waals surface area contributed by atoms with E-state index in [1.807, 2.05) is 0 Å². The predicted octanol–water partition coefficient (Wildman–Crippen LogP) is 21.0. The molecular formula is C75H81N3. The van der Waals surface area contributed by atoms with Gasteiger partial charge < -0.3 is 14.7 Å². The number of hydrogen-bond acceptors (Lipinski definition) is 3. The number of para-hydroxylation sites is 3. The monoisotopic (exact) mass is 1020 g/mol. The van der Waals surface area contributed by atoms with E-state index in [1.165, 1.54) is 168 Å². The van der Waals surface area contributed by atoms with Crippen LogP contribution in [-0.4, -0.2) is 0 Å². The van der Waals surface area contributed by atoms with Crippen LogP contribution in [0.4, 0.5) is 51.2 Å². The van der Waals surface area contributed by atoms with E-state index in [4.69, 9.17) is 0 Å². The van der Waals surface area contributed by atoms with Gasteiger partial charge in [0.05, 0.1) is 39.5 Å². The van der Waals surface area contributed by atoms with Gasteiger partial charge >= 0.3 is 0 Å². The van der Waals surface area contributed by atoms with E-state index in [2.05, 4.69) is 281 Å². The predicted molar refractivity (Wildman–Crippen MR) is 337 cm³/mol. The van der Waals surface area contributed by atoms with Crippen LogP contribution >= 0.6 is 0 Å². The van der Waals surface area contributed by atoms with Crippen molar-refractivity contribution in [1.82, 2.24) is 0 Å². The molecule has 0 fully saturated rings. The Kier molecular flexibility index (Phi) is 13.8. The van der Waals surface area contributed by atoms with Crippen molar-refractivity contribution in [2.45, 2.75) is 144 Å². The van der Waals surface area contributed by atoms with E-state index < -0.39 is 5.41 Å². The highest BCUT2D eigenvalue weighted by atomic mass is 15.2. The molecule has 0 N–H and O–H groups in total. The molecule has 0 aliphatic carbocycles. The minimum atomic E-state index is -0.720. The van der Waals surface area contributed by atoms with Crippen molar-refractivity contribution in [2.24, 2.45) is 0 Å². The summed E-state index contributed by atoms with van der Waals surface area (Å²) in [6.45, 7) is 46.1. The average molecular weight is 1020 g/mol. The van der Waals surface area contributed by atoms with Crippen molar-refractivity contribution in [1.29, 1.82) is 0 Å². The molecule has 9 aromatic rings. The van der Waals surface area contributed by atoms with Gasteiger partial charge in [-0.15, -0.1) is 0 Å². The summed E-state index contributed by atoms with van der Waals surface area (Å²) in [7, 11) is 0. The van der Waals surface area contributed by atoms with E-state index in [9.17, 15) is 0 Å². The quantitative estimate of drug-likeness (QED) is 0.143. The van der Waals surface area contributed by atoms with Gasteiger partial charge in [-0.3, -0.25) is 0 Å². The van der Waals surface area contributed by atoms with Gasteiger partial charge in [0.15, 0.2) is 0 Å². The first kappa shape index (κ1) is 53.8. The number of nitrogens with zero attached hydrogens (tertiary/aromatic N) is 3. The summed E-state index contributed by atoms with van der Waals surface area (Å²) in [6, 6.07) is 48.6. The molecule has 1 heterocycles. The number of fused-ring (bicyclic) bond motifs is 2. The molecule has 9 aromatic carbocycles. The van der Waals surface area contributed by atoms with Crippen LogP contribution in [0.15, 0.2) is 127 Å². The van der Waals surface area contributed by atoms with Gasteiger partial charge in [0.1, 0.15) is 0 Å². The van der Waals surface area contributed by atoms with E-state index in [1.54, 1.807) is 0 Å². The first-order valence-electron chi connectivity index (χ1n) is 28.2. The fourth-order valence-electron chi connectivity index (χ4n) is 13.6. The van der Waals surface area contributed by atoms with Crippen LogP contribution < -0.4 is 14.7 Å². The number of rotatable bonds is 9. The van der Waals surface area contributed by atoms with E-state index in [-0.39, 0.29) is 0 Å². The van der Waals surface area contributed by atoms with Gasteiger partial charge in [-0.1, -0.05) is 78.9 Å². The number of hydrogen-bond donors (Lipinski definition) is 0. The van der Waals surface area contributed by atoms with Crippen molar-refractivity contribution >= 4 is 51.2 Å². The standard InChI is InChI=1S/C75H81N3/c1-42-46(5)54(13)71(55(14)47(42)6)77(72-56(15)48(7)43(2)49(8)57(72)16)65-38-34-62(35-39-65)75(67-30-24-26-32-69(67)76(64-28-22-21-23-29-64)70-33-27-25-31-68(70)75)63-36-40-66(41-37-63)78(73-58(17)50(9)44(3)51(10)59(73)18)74-60(19)52(11)45(4)53(12)61(74)20/h21-41H,1-20H3. The van der Waals surface area contributed by atoms with E-state index in [0.29, 0.717) is 0 Å². The molecule has 0 aromatic heterocycles. The lowest BCUT2D eigenvalue weighted by molar-refractivity contribution is 0.731. The van der Waals surface area contributed by atoms with Crippen LogP contribution in [0.25, 0.3) is 0 Å². The molecule has 396 valence electrons. The molecule has 1 aliphatic rings. The summed E-state index contributed by atoms with van der Waals surface area (Å²) in [4.78, 5) is 7.67.